The van der Waals surface area contributed by atoms with Crippen LogP contribution in [0, 0.1) is 0 Å². The molecule has 0 radical (unpaired) electrons. The maximum absolute atomic E-state index is 13.0. The van der Waals surface area contributed by atoms with Gasteiger partial charge in [-0.15, -0.1) is 11.3 Å². The van der Waals surface area contributed by atoms with Crippen LogP contribution < -0.4 is 10.1 Å². The summed E-state index contributed by atoms with van der Waals surface area (Å²) in [5, 5.41) is 7.01. The third-order valence-corrected chi connectivity index (χ3v) is 7.97. The van der Waals surface area contributed by atoms with Gasteiger partial charge in [-0.05, 0) is 60.9 Å². The van der Waals surface area contributed by atoms with E-state index in [1.807, 2.05) is 53.4 Å². The van der Waals surface area contributed by atoms with Crippen molar-refractivity contribution in [2.24, 2.45) is 0 Å². The zero-order valence-electron chi connectivity index (χ0n) is 20.4. The Hall–Kier alpha value is -3.39. The van der Waals surface area contributed by atoms with Crippen LogP contribution in [0.5, 0.6) is 5.75 Å². The first-order chi connectivity index (χ1) is 18.5. The van der Waals surface area contributed by atoms with Crippen molar-refractivity contribution in [3.05, 3.63) is 98.9 Å². The summed E-state index contributed by atoms with van der Waals surface area (Å²) in [7, 11) is 0. The van der Waals surface area contributed by atoms with Gasteiger partial charge >= 0.3 is 0 Å². The van der Waals surface area contributed by atoms with Gasteiger partial charge in [0.15, 0.2) is 6.61 Å². The molecule has 6 nitrogen and oxygen atoms in total. The Kier molecular flexibility index (Phi) is 8.27. The van der Waals surface area contributed by atoms with Crippen LogP contribution in [0.1, 0.15) is 34.3 Å². The Labute approximate surface area is 235 Å². The summed E-state index contributed by atoms with van der Waals surface area (Å²) in [6, 6.07) is 22.1. The number of hydrogen-bond donors (Lipinski definition) is 1. The van der Waals surface area contributed by atoms with Crippen LogP contribution in [-0.2, 0) is 4.79 Å². The molecular formula is C29H25Cl2N3O3S. The molecule has 1 aliphatic rings. The Morgan fingerprint density at radius 3 is 2.32 bits per heavy atom. The van der Waals surface area contributed by atoms with Crippen molar-refractivity contribution in [3.63, 3.8) is 0 Å². The van der Waals surface area contributed by atoms with Crippen molar-refractivity contribution < 1.29 is 14.3 Å². The minimum atomic E-state index is -0.249. The van der Waals surface area contributed by atoms with E-state index in [0.717, 1.165) is 29.0 Å². The molecule has 1 aromatic heterocycles. The molecule has 2 heterocycles. The summed E-state index contributed by atoms with van der Waals surface area (Å²) in [6.45, 7) is 1.25. The molecule has 0 saturated carbocycles. The number of nitrogens with zero attached hydrogens (tertiary/aromatic N) is 2. The van der Waals surface area contributed by atoms with Crippen LogP contribution in [0.15, 0.2) is 78.2 Å². The quantitative estimate of drug-likeness (QED) is 0.258. The van der Waals surface area contributed by atoms with E-state index in [9.17, 15) is 9.59 Å². The van der Waals surface area contributed by atoms with E-state index in [1.54, 1.807) is 29.6 Å². The zero-order valence-corrected chi connectivity index (χ0v) is 22.7. The van der Waals surface area contributed by atoms with E-state index < -0.39 is 0 Å². The molecule has 9 heteroatoms. The van der Waals surface area contributed by atoms with Gasteiger partial charge < -0.3 is 15.0 Å². The first-order valence-electron chi connectivity index (χ1n) is 12.2. The molecule has 0 atom stereocenters. The van der Waals surface area contributed by atoms with Crippen molar-refractivity contribution in [1.82, 2.24) is 9.88 Å². The normalized spacial score (nSPS) is 13.8. The van der Waals surface area contributed by atoms with Crippen LogP contribution >= 0.6 is 34.5 Å². The number of rotatable bonds is 7. The molecule has 1 aliphatic heterocycles. The minimum Gasteiger partial charge on any atom is -0.484 e. The van der Waals surface area contributed by atoms with E-state index in [2.05, 4.69) is 10.3 Å². The Morgan fingerprint density at radius 2 is 1.61 bits per heavy atom. The highest BCUT2D eigenvalue weighted by atomic mass is 35.5. The first-order valence-corrected chi connectivity index (χ1v) is 13.9. The molecule has 1 fully saturated rings. The molecule has 0 unspecified atom stereocenters. The lowest BCUT2D eigenvalue weighted by Crippen LogP contribution is -2.40. The largest absolute Gasteiger partial charge is 0.484 e. The molecule has 4 aromatic rings. The van der Waals surface area contributed by atoms with Gasteiger partial charge in [0, 0.05) is 45.7 Å². The highest BCUT2D eigenvalue weighted by molar-refractivity contribution is 7.10. The molecule has 1 N–H and O–H groups in total. The molecule has 1 saturated heterocycles. The molecular weight excluding hydrogens is 541 g/mol. The fourth-order valence-corrected chi connectivity index (χ4v) is 5.61. The van der Waals surface area contributed by atoms with E-state index in [4.69, 9.17) is 27.9 Å². The van der Waals surface area contributed by atoms with Crippen molar-refractivity contribution in [2.75, 3.05) is 25.0 Å². The van der Waals surface area contributed by atoms with Crippen LogP contribution in [0.25, 0.3) is 11.1 Å². The van der Waals surface area contributed by atoms with Gasteiger partial charge in [-0.1, -0.05) is 53.5 Å². The van der Waals surface area contributed by atoms with Crippen LogP contribution in [0.4, 0.5) is 5.69 Å². The maximum Gasteiger partial charge on any atom is 0.275 e. The standard InChI is InChI=1S/C29H25Cl2N3O3S/c30-21-7-5-19(6-8-21)24-3-1-2-4-25(24)32-28(36)26-18-38-29(33-26)20-13-15-34(16-14-20)27(35)17-37-23-11-9-22(31)10-12-23/h1-12,18,20H,13-17H2,(H,32,36). The van der Waals surface area contributed by atoms with Crippen molar-refractivity contribution >= 4 is 52.0 Å². The number of carbonyl (C=O) groups excluding carboxylic acids is 2. The number of likely N-dealkylation sites (tertiary alicyclic amines) is 1. The summed E-state index contributed by atoms with van der Waals surface area (Å²) < 4.78 is 5.60. The van der Waals surface area contributed by atoms with E-state index in [-0.39, 0.29) is 24.3 Å². The molecule has 194 valence electrons. The average Bonchev–Trinajstić information content (AvgIpc) is 3.44. The molecule has 0 spiro atoms. The summed E-state index contributed by atoms with van der Waals surface area (Å²) in [5.41, 5.74) is 2.97. The van der Waals surface area contributed by atoms with Gasteiger partial charge in [0.25, 0.3) is 11.8 Å². The highest BCUT2D eigenvalue weighted by Crippen LogP contribution is 2.32. The molecule has 2 amide bonds. The minimum absolute atomic E-state index is 0.00857. The zero-order chi connectivity index (χ0) is 26.5. The van der Waals surface area contributed by atoms with Gasteiger partial charge in [-0.25, -0.2) is 4.98 Å². The number of thiazole rings is 1. The first kappa shape index (κ1) is 26.2. The number of anilines is 1. The van der Waals surface area contributed by atoms with Crippen LogP contribution in [-0.4, -0.2) is 41.4 Å². The highest BCUT2D eigenvalue weighted by Gasteiger charge is 2.26. The fraction of sp³-hybridized carbons (Fsp3) is 0.207. The SMILES string of the molecule is O=C(Nc1ccccc1-c1ccc(Cl)cc1)c1csc(C2CCN(C(=O)COc3ccc(Cl)cc3)CC2)n1. The summed E-state index contributed by atoms with van der Waals surface area (Å²) in [6.07, 6.45) is 1.58. The van der Waals surface area contributed by atoms with E-state index in [1.165, 1.54) is 11.3 Å². The van der Waals surface area contributed by atoms with E-state index >= 15 is 0 Å². The lowest BCUT2D eigenvalue weighted by Gasteiger charge is -2.31. The second-order valence-corrected chi connectivity index (χ2v) is 10.7. The Morgan fingerprint density at radius 1 is 0.947 bits per heavy atom. The number of piperidine rings is 1. The second kappa shape index (κ2) is 12.0. The second-order valence-electron chi connectivity index (χ2n) is 8.98. The molecule has 5 rings (SSSR count). The van der Waals surface area contributed by atoms with Crippen molar-refractivity contribution in [1.29, 1.82) is 0 Å². The molecule has 0 bridgehead atoms. The molecule has 38 heavy (non-hydrogen) atoms. The van der Waals surface area contributed by atoms with Gasteiger partial charge in [0.2, 0.25) is 0 Å². The summed E-state index contributed by atoms with van der Waals surface area (Å²) >= 11 is 13.4. The third kappa shape index (κ3) is 6.35. The van der Waals surface area contributed by atoms with Crippen molar-refractivity contribution in [3.8, 4) is 16.9 Å². The third-order valence-electron chi connectivity index (χ3n) is 6.46. The smallest absolute Gasteiger partial charge is 0.275 e. The number of aromatic nitrogens is 1. The Bertz CT molecular complexity index is 1420. The van der Waals surface area contributed by atoms with Crippen LogP contribution in [0.2, 0.25) is 10.0 Å². The summed E-state index contributed by atoms with van der Waals surface area (Å²) in [5.74, 6) is 0.531. The number of benzene rings is 3. The maximum atomic E-state index is 13.0. The predicted molar refractivity (Wildman–Crippen MR) is 152 cm³/mol. The van der Waals surface area contributed by atoms with Gasteiger partial charge in [-0.2, -0.15) is 0 Å². The number of amides is 2. The number of nitrogens with one attached hydrogen (secondary N) is 1. The fourth-order valence-electron chi connectivity index (χ4n) is 4.38. The average molecular weight is 567 g/mol. The molecule has 0 aliphatic carbocycles. The number of ether oxygens (including phenoxy) is 1. The predicted octanol–water partition coefficient (Wildman–Crippen LogP) is 7.15. The molecule has 3 aromatic carbocycles. The van der Waals surface area contributed by atoms with Gasteiger partial charge in [-0.3, -0.25) is 9.59 Å². The monoisotopic (exact) mass is 565 g/mol. The summed E-state index contributed by atoms with van der Waals surface area (Å²) in [4.78, 5) is 32.1. The number of halogens is 2. The number of hydrogen-bond acceptors (Lipinski definition) is 5. The topological polar surface area (TPSA) is 71.5 Å². The lowest BCUT2D eigenvalue weighted by atomic mass is 9.97. The van der Waals surface area contributed by atoms with Crippen LogP contribution in [0.3, 0.4) is 0 Å². The number of para-hydroxylation sites is 1. The lowest BCUT2D eigenvalue weighted by molar-refractivity contribution is -0.134. The van der Waals surface area contributed by atoms with Crippen molar-refractivity contribution in [2.45, 2.75) is 18.8 Å². The van der Waals surface area contributed by atoms with Gasteiger partial charge in [0.05, 0.1) is 5.01 Å². The van der Waals surface area contributed by atoms with E-state index in [0.29, 0.717) is 40.3 Å². The number of carbonyl (C=O) groups is 2. The van der Waals surface area contributed by atoms with Gasteiger partial charge in [0.1, 0.15) is 11.4 Å². The Balaban J connectivity index is 1.16.